The van der Waals surface area contributed by atoms with Gasteiger partial charge in [-0.3, -0.25) is 14.7 Å². The maximum absolute atomic E-state index is 13.6. The van der Waals surface area contributed by atoms with E-state index in [4.69, 9.17) is 0 Å². The summed E-state index contributed by atoms with van der Waals surface area (Å²) in [6.45, 7) is 3.48. The lowest BCUT2D eigenvalue weighted by Crippen LogP contribution is -2.60. The van der Waals surface area contributed by atoms with Gasteiger partial charge in [0.2, 0.25) is 5.91 Å². The maximum Gasteiger partial charge on any atom is 0.408 e. The van der Waals surface area contributed by atoms with Crippen molar-refractivity contribution in [2.24, 2.45) is 0 Å². The van der Waals surface area contributed by atoms with E-state index in [0.29, 0.717) is 6.42 Å². The van der Waals surface area contributed by atoms with Gasteiger partial charge >= 0.3 is 6.09 Å². The lowest BCUT2D eigenvalue weighted by molar-refractivity contribution is -0.127. The number of nitrogens with zero attached hydrogens (tertiary/aromatic N) is 2. The number of carboxylic acid groups (broad SMARTS) is 1. The molecule has 0 spiro atoms. The number of rotatable bonds is 7. The van der Waals surface area contributed by atoms with Crippen LogP contribution in [0.15, 0.2) is 72.9 Å². The zero-order valence-electron chi connectivity index (χ0n) is 20.5. The molecule has 7 heteroatoms. The molecule has 2 aromatic carbocycles. The highest BCUT2D eigenvalue weighted by Gasteiger charge is 2.39. The van der Waals surface area contributed by atoms with E-state index in [0.717, 1.165) is 53.9 Å². The molecule has 1 aliphatic heterocycles. The zero-order valence-corrected chi connectivity index (χ0v) is 20.5. The van der Waals surface area contributed by atoms with Gasteiger partial charge in [-0.15, -0.1) is 0 Å². The van der Waals surface area contributed by atoms with Crippen LogP contribution < -0.4 is 10.6 Å². The van der Waals surface area contributed by atoms with Crippen LogP contribution in [0, 0.1) is 0 Å². The van der Waals surface area contributed by atoms with Crippen LogP contribution in [0.3, 0.4) is 0 Å². The second-order valence-electron chi connectivity index (χ2n) is 9.86. The molecule has 7 nitrogen and oxygen atoms in total. The predicted molar refractivity (Wildman–Crippen MR) is 139 cm³/mol. The smallest absolute Gasteiger partial charge is 0.408 e. The Morgan fingerprint density at radius 2 is 1.64 bits per heavy atom. The fraction of sp³-hybridized carbons (Fsp3) is 0.345. The van der Waals surface area contributed by atoms with E-state index in [9.17, 15) is 14.7 Å². The number of aromatic nitrogens is 1. The summed E-state index contributed by atoms with van der Waals surface area (Å²) in [6.07, 6.45) is 2.81. The van der Waals surface area contributed by atoms with Gasteiger partial charge in [0.25, 0.3) is 0 Å². The molecule has 5 rings (SSSR count). The number of fused-ring (bicyclic) bond motifs is 3. The van der Waals surface area contributed by atoms with E-state index >= 15 is 0 Å². The Morgan fingerprint density at radius 1 is 1.03 bits per heavy atom. The Morgan fingerprint density at radius 3 is 2.22 bits per heavy atom. The molecular weight excluding hydrogens is 452 g/mol. The van der Waals surface area contributed by atoms with Crippen molar-refractivity contribution in [2.45, 2.75) is 43.7 Å². The Bertz CT molecular complexity index is 1190. The first kappa shape index (κ1) is 24.0. The van der Waals surface area contributed by atoms with Gasteiger partial charge in [0, 0.05) is 36.3 Å². The predicted octanol–water partition coefficient (Wildman–Crippen LogP) is 4.04. The number of carbonyl (C=O) groups is 2. The monoisotopic (exact) mass is 484 g/mol. The minimum absolute atomic E-state index is 0.120. The molecule has 1 unspecified atom stereocenters. The number of hydrogen-bond acceptors (Lipinski definition) is 4. The van der Waals surface area contributed by atoms with Crippen molar-refractivity contribution >= 4 is 12.0 Å². The normalized spacial score (nSPS) is 17.0. The summed E-state index contributed by atoms with van der Waals surface area (Å²) < 4.78 is 0. The van der Waals surface area contributed by atoms with Crippen molar-refractivity contribution in [1.82, 2.24) is 20.5 Å². The van der Waals surface area contributed by atoms with E-state index in [1.165, 1.54) is 4.90 Å². The molecule has 2 heterocycles. The molecule has 0 radical (unpaired) electrons. The first-order chi connectivity index (χ1) is 17.5. The second-order valence-corrected chi connectivity index (χ2v) is 9.86. The number of nitrogens with one attached hydrogen (secondary N) is 2. The summed E-state index contributed by atoms with van der Waals surface area (Å²) in [7, 11) is 0. The summed E-state index contributed by atoms with van der Waals surface area (Å²) in [5.41, 5.74) is 4.92. The Kier molecular flexibility index (Phi) is 6.74. The van der Waals surface area contributed by atoms with Gasteiger partial charge in [-0.25, -0.2) is 4.79 Å². The number of hydrogen-bond donors (Lipinski definition) is 3. The van der Waals surface area contributed by atoms with Crippen LogP contribution in [0.1, 0.15) is 42.5 Å². The molecule has 1 aromatic heterocycles. The van der Waals surface area contributed by atoms with Crippen molar-refractivity contribution < 1.29 is 14.7 Å². The molecule has 0 bridgehead atoms. The summed E-state index contributed by atoms with van der Waals surface area (Å²) in [4.78, 5) is 31.8. The third-order valence-corrected chi connectivity index (χ3v) is 7.63. The SMILES string of the molecule is CC(C(=O)NC1(Cc2ccccn2)CCNCC1)N(CC1c2ccccc2-c2ccccc21)C(=O)O. The third-order valence-electron chi connectivity index (χ3n) is 7.63. The molecule has 3 N–H and O–H groups in total. The summed E-state index contributed by atoms with van der Waals surface area (Å²) in [5, 5.41) is 16.8. The van der Waals surface area contributed by atoms with Crippen LogP contribution in [0.5, 0.6) is 0 Å². The van der Waals surface area contributed by atoms with Crippen LogP contribution >= 0.6 is 0 Å². The van der Waals surface area contributed by atoms with Gasteiger partial charge in [-0.1, -0.05) is 54.6 Å². The number of carbonyl (C=O) groups excluding carboxylic acids is 1. The van der Waals surface area contributed by atoms with Gasteiger partial charge in [-0.05, 0) is 67.2 Å². The highest BCUT2D eigenvalue weighted by molar-refractivity contribution is 5.86. The quantitative estimate of drug-likeness (QED) is 0.471. The maximum atomic E-state index is 13.6. The summed E-state index contributed by atoms with van der Waals surface area (Å²) in [5.74, 6) is -0.389. The highest BCUT2D eigenvalue weighted by Crippen LogP contribution is 2.45. The van der Waals surface area contributed by atoms with Crippen molar-refractivity contribution in [3.8, 4) is 11.1 Å². The summed E-state index contributed by atoms with van der Waals surface area (Å²) in [6, 6.07) is 21.2. The van der Waals surface area contributed by atoms with Gasteiger partial charge < -0.3 is 15.7 Å². The average Bonchev–Trinajstić information content (AvgIpc) is 3.21. The minimum atomic E-state index is -1.09. The van der Waals surface area contributed by atoms with Crippen LogP contribution in [0.25, 0.3) is 11.1 Å². The summed E-state index contributed by atoms with van der Waals surface area (Å²) >= 11 is 0. The largest absolute Gasteiger partial charge is 0.465 e. The fourth-order valence-electron chi connectivity index (χ4n) is 5.66. The zero-order chi connectivity index (χ0) is 25.1. The van der Waals surface area contributed by atoms with E-state index in [1.807, 2.05) is 42.5 Å². The van der Waals surface area contributed by atoms with E-state index in [1.54, 1.807) is 13.1 Å². The first-order valence-corrected chi connectivity index (χ1v) is 12.6. The molecule has 1 atom stereocenters. The highest BCUT2D eigenvalue weighted by atomic mass is 16.4. The van der Waals surface area contributed by atoms with E-state index < -0.39 is 17.7 Å². The number of pyridine rings is 1. The van der Waals surface area contributed by atoms with E-state index in [-0.39, 0.29) is 18.4 Å². The van der Waals surface area contributed by atoms with Gasteiger partial charge in [0.15, 0.2) is 0 Å². The molecule has 2 amide bonds. The average molecular weight is 485 g/mol. The molecule has 0 saturated carbocycles. The molecule has 1 aliphatic carbocycles. The van der Waals surface area contributed by atoms with Crippen LogP contribution in [0.4, 0.5) is 4.79 Å². The number of amides is 2. The minimum Gasteiger partial charge on any atom is -0.465 e. The Balaban J connectivity index is 1.37. The fourth-order valence-corrected chi connectivity index (χ4v) is 5.66. The Labute approximate surface area is 211 Å². The number of piperidine rings is 1. The van der Waals surface area contributed by atoms with Crippen LogP contribution in [-0.4, -0.2) is 58.2 Å². The van der Waals surface area contributed by atoms with Crippen molar-refractivity contribution in [1.29, 1.82) is 0 Å². The topological polar surface area (TPSA) is 94.6 Å². The molecule has 1 saturated heterocycles. The first-order valence-electron chi connectivity index (χ1n) is 12.6. The Hall–Kier alpha value is -3.71. The van der Waals surface area contributed by atoms with Gasteiger partial charge in [0.05, 0.1) is 0 Å². The molecule has 36 heavy (non-hydrogen) atoms. The molecule has 186 valence electrons. The van der Waals surface area contributed by atoms with Crippen LogP contribution in [-0.2, 0) is 11.2 Å². The molecule has 2 aliphatic rings. The van der Waals surface area contributed by atoms with Crippen LogP contribution in [0.2, 0.25) is 0 Å². The number of benzene rings is 2. The van der Waals surface area contributed by atoms with E-state index in [2.05, 4.69) is 39.9 Å². The lowest BCUT2D eigenvalue weighted by Gasteiger charge is -2.40. The third kappa shape index (κ3) is 4.71. The van der Waals surface area contributed by atoms with Crippen molar-refractivity contribution in [3.63, 3.8) is 0 Å². The molecule has 3 aromatic rings. The van der Waals surface area contributed by atoms with Crippen molar-refractivity contribution in [2.75, 3.05) is 19.6 Å². The van der Waals surface area contributed by atoms with Gasteiger partial charge in [0.1, 0.15) is 6.04 Å². The lowest BCUT2D eigenvalue weighted by atomic mass is 9.83. The molecular formula is C29H32N4O3. The van der Waals surface area contributed by atoms with Crippen molar-refractivity contribution in [3.05, 3.63) is 89.7 Å². The molecule has 1 fully saturated rings. The van der Waals surface area contributed by atoms with Gasteiger partial charge in [-0.2, -0.15) is 0 Å². The second kappa shape index (κ2) is 10.1. The standard InChI is InChI=1S/C29H32N4O3/c1-20(27(34)32-29(13-16-30-17-14-29)18-21-8-6-7-15-31-21)33(28(35)36)19-26-24-11-4-2-9-22(24)23-10-3-5-12-25(23)26/h2-12,15,20,26,30H,13-14,16-19H2,1H3,(H,32,34)(H,35,36).